The van der Waals surface area contributed by atoms with E-state index in [-0.39, 0.29) is 24.0 Å². The van der Waals surface area contributed by atoms with Crippen LogP contribution < -0.4 is 0 Å². The van der Waals surface area contributed by atoms with Crippen molar-refractivity contribution in [2.75, 3.05) is 7.05 Å². The van der Waals surface area contributed by atoms with Gasteiger partial charge in [0.05, 0.1) is 16.9 Å². The van der Waals surface area contributed by atoms with Crippen LogP contribution in [0.5, 0.6) is 0 Å². The first-order chi connectivity index (χ1) is 11.5. The second kappa shape index (κ2) is 6.80. The van der Waals surface area contributed by atoms with Gasteiger partial charge in [0.1, 0.15) is 5.82 Å². The lowest BCUT2D eigenvalue weighted by Crippen LogP contribution is -2.26. The van der Waals surface area contributed by atoms with E-state index in [1.165, 1.54) is 27.9 Å². The quantitative estimate of drug-likeness (QED) is 0.729. The summed E-state index contributed by atoms with van der Waals surface area (Å²) in [6.07, 6.45) is 1.52. The Morgan fingerprint density at radius 1 is 1.25 bits per heavy atom. The van der Waals surface area contributed by atoms with Gasteiger partial charge in [-0.15, -0.1) is 5.10 Å². The molecule has 24 heavy (non-hydrogen) atoms. The minimum Gasteiger partial charge on any atom is -0.336 e. The third-order valence-corrected chi connectivity index (χ3v) is 3.79. The van der Waals surface area contributed by atoms with Crippen molar-refractivity contribution in [1.82, 2.24) is 19.9 Å². The molecule has 5 nitrogen and oxygen atoms in total. The van der Waals surface area contributed by atoms with Crippen LogP contribution in [0.2, 0.25) is 5.02 Å². The number of carbonyl (C=O) groups is 1. The van der Waals surface area contributed by atoms with Crippen LogP contribution in [0.4, 0.5) is 4.39 Å². The third-order valence-electron chi connectivity index (χ3n) is 3.47. The molecule has 2 aromatic carbocycles. The Balaban J connectivity index is 1.77. The summed E-state index contributed by atoms with van der Waals surface area (Å²) >= 11 is 6.11. The highest BCUT2D eigenvalue weighted by molar-refractivity contribution is 6.32. The molecule has 0 atom stereocenters. The lowest BCUT2D eigenvalue weighted by Gasteiger charge is -2.15. The Labute approximate surface area is 143 Å². The van der Waals surface area contributed by atoms with E-state index in [0.717, 1.165) is 0 Å². The van der Waals surface area contributed by atoms with E-state index in [2.05, 4.69) is 10.3 Å². The monoisotopic (exact) mass is 344 g/mol. The molecule has 0 aliphatic rings. The highest BCUT2D eigenvalue weighted by Crippen LogP contribution is 2.19. The van der Waals surface area contributed by atoms with Crippen molar-refractivity contribution in [3.8, 4) is 5.69 Å². The van der Waals surface area contributed by atoms with E-state index in [4.69, 9.17) is 11.6 Å². The second-order valence-electron chi connectivity index (χ2n) is 5.29. The van der Waals surface area contributed by atoms with Gasteiger partial charge in [-0.05, 0) is 29.8 Å². The molecule has 3 aromatic rings. The van der Waals surface area contributed by atoms with Crippen molar-refractivity contribution in [2.24, 2.45) is 0 Å². The largest absolute Gasteiger partial charge is 0.336 e. The van der Waals surface area contributed by atoms with E-state index < -0.39 is 0 Å². The van der Waals surface area contributed by atoms with Crippen molar-refractivity contribution in [3.63, 3.8) is 0 Å². The van der Waals surface area contributed by atoms with Gasteiger partial charge in [-0.1, -0.05) is 41.1 Å². The number of hydrogen-bond acceptors (Lipinski definition) is 3. The second-order valence-corrected chi connectivity index (χ2v) is 5.70. The van der Waals surface area contributed by atoms with Gasteiger partial charge in [-0.2, -0.15) is 0 Å². The minimum absolute atomic E-state index is 0.189. The summed E-state index contributed by atoms with van der Waals surface area (Å²) in [4.78, 5) is 13.9. The number of carbonyl (C=O) groups excluding carboxylic acids is 1. The van der Waals surface area contributed by atoms with Crippen LogP contribution in [0.15, 0.2) is 54.7 Å². The fraction of sp³-hybridized carbons (Fsp3) is 0.118. The first-order valence-electron chi connectivity index (χ1n) is 7.22. The summed E-state index contributed by atoms with van der Waals surface area (Å²) in [5, 5.41) is 8.36. The molecule has 0 bridgehead atoms. The van der Waals surface area contributed by atoms with Gasteiger partial charge in [0.15, 0.2) is 5.69 Å². The van der Waals surface area contributed by atoms with Crippen LogP contribution in [0.25, 0.3) is 5.69 Å². The molecule has 3 rings (SSSR count). The highest BCUT2D eigenvalue weighted by Gasteiger charge is 2.17. The molecular weight excluding hydrogens is 331 g/mol. The van der Waals surface area contributed by atoms with Gasteiger partial charge < -0.3 is 4.90 Å². The summed E-state index contributed by atoms with van der Waals surface area (Å²) in [5.74, 6) is -0.643. The Kier molecular flexibility index (Phi) is 4.57. The molecule has 7 heteroatoms. The molecule has 0 fully saturated rings. The van der Waals surface area contributed by atoms with Crippen LogP contribution in [0.1, 0.15) is 16.1 Å². The van der Waals surface area contributed by atoms with Crippen molar-refractivity contribution in [2.45, 2.75) is 6.54 Å². The average Bonchev–Trinajstić information content (AvgIpc) is 3.04. The summed E-state index contributed by atoms with van der Waals surface area (Å²) in [6, 6.07) is 13.3. The highest BCUT2D eigenvalue weighted by atomic mass is 35.5. The van der Waals surface area contributed by atoms with Gasteiger partial charge in [0, 0.05) is 13.6 Å². The Bertz CT molecular complexity index is 880. The van der Waals surface area contributed by atoms with Crippen molar-refractivity contribution < 1.29 is 9.18 Å². The molecular formula is C17H14ClFN4O. The van der Waals surface area contributed by atoms with Gasteiger partial charge in [0.25, 0.3) is 5.91 Å². The number of benzene rings is 2. The number of halogens is 2. The molecule has 0 saturated carbocycles. The van der Waals surface area contributed by atoms with Crippen molar-refractivity contribution >= 4 is 17.5 Å². The number of hydrogen-bond donors (Lipinski definition) is 0. The first kappa shape index (κ1) is 16.1. The van der Waals surface area contributed by atoms with Gasteiger partial charge in [0.2, 0.25) is 0 Å². The van der Waals surface area contributed by atoms with Crippen LogP contribution >= 0.6 is 11.6 Å². The van der Waals surface area contributed by atoms with Crippen molar-refractivity contribution in [1.29, 1.82) is 0 Å². The molecule has 1 aromatic heterocycles. The van der Waals surface area contributed by atoms with Crippen LogP contribution in [-0.4, -0.2) is 32.8 Å². The van der Waals surface area contributed by atoms with Crippen LogP contribution in [0, 0.1) is 5.82 Å². The SMILES string of the molecule is CN(Cc1cccc(F)c1)C(=O)c1cn(-c2ccccc2Cl)nn1. The van der Waals surface area contributed by atoms with Crippen molar-refractivity contribution in [3.05, 3.63) is 76.8 Å². The predicted molar refractivity (Wildman–Crippen MR) is 88.6 cm³/mol. The lowest BCUT2D eigenvalue weighted by molar-refractivity contribution is 0.0779. The molecule has 0 N–H and O–H groups in total. The molecule has 0 aliphatic heterocycles. The maximum atomic E-state index is 13.2. The van der Waals surface area contributed by atoms with Crippen LogP contribution in [0.3, 0.4) is 0 Å². The molecule has 1 amide bonds. The molecule has 0 unspecified atom stereocenters. The van der Waals surface area contributed by atoms with E-state index >= 15 is 0 Å². The normalized spacial score (nSPS) is 10.6. The van der Waals surface area contributed by atoms with Gasteiger partial charge >= 0.3 is 0 Å². The number of rotatable bonds is 4. The predicted octanol–water partition coefficient (Wildman–Crippen LogP) is 3.33. The number of para-hydroxylation sites is 1. The maximum absolute atomic E-state index is 13.2. The van der Waals surface area contributed by atoms with Gasteiger partial charge in [-0.3, -0.25) is 4.79 Å². The van der Waals surface area contributed by atoms with Gasteiger partial charge in [-0.25, -0.2) is 9.07 Å². The minimum atomic E-state index is -0.335. The molecule has 0 saturated heterocycles. The zero-order valence-corrected chi connectivity index (χ0v) is 13.6. The fourth-order valence-corrected chi connectivity index (χ4v) is 2.52. The zero-order valence-electron chi connectivity index (χ0n) is 12.9. The average molecular weight is 345 g/mol. The first-order valence-corrected chi connectivity index (χ1v) is 7.59. The van der Waals surface area contributed by atoms with E-state index in [9.17, 15) is 9.18 Å². The maximum Gasteiger partial charge on any atom is 0.276 e. The van der Waals surface area contributed by atoms with E-state index in [0.29, 0.717) is 16.3 Å². The third kappa shape index (κ3) is 3.44. The summed E-state index contributed by atoms with van der Waals surface area (Å²) in [7, 11) is 1.63. The number of nitrogens with zero attached hydrogens (tertiary/aromatic N) is 4. The molecule has 0 radical (unpaired) electrons. The van der Waals surface area contributed by atoms with Crippen LogP contribution in [-0.2, 0) is 6.54 Å². The zero-order chi connectivity index (χ0) is 17.1. The summed E-state index contributed by atoms with van der Waals surface area (Å²) < 4.78 is 14.7. The van der Waals surface area contributed by atoms with E-state index in [1.54, 1.807) is 31.3 Å². The number of amides is 1. The lowest BCUT2D eigenvalue weighted by atomic mass is 10.2. The summed E-state index contributed by atoms with van der Waals surface area (Å²) in [5.41, 5.74) is 1.52. The fourth-order valence-electron chi connectivity index (χ4n) is 2.29. The molecule has 1 heterocycles. The standard InChI is InChI=1S/C17H14ClFN4O/c1-22(10-12-5-4-6-13(19)9-12)17(24)15-11-23(21-20-15)16-8-3-2-7-14(16)18/h2-9,11H,10H2,1H3. The molecule has 0 aliphatic carbocycles. The molecule has 0 spiro atoms. The topological polar surface area (TPSA) is 51.0 Å². The Morgan fingerprint density at radius 2 is 2.04 bits per heavy atom. The number of aromatic nitrogens is 3. The smallest absolute Gasteiger partial charge is 0.276 e. The summed E-state index contributed by atoms with van der Waals surface area (Å²) in [6.45, 7) is 0.273. The Hall–Kier alpha value is -2.73. The molecule has 122 valence electrons. The Morgan fingerprint density at radius 3 is 2.79 bits per heavy atom. The van der Waals surface area contributed by atoms with E-state index in [1.807, 2.05) is 12.1 Å².